The van der Waals surface area contributed by atoms with Crippen LogP contribution in [0.3, 0.4) is 0 Å². The van der Waals surface area contributed by atoms with Crippen LogP contribution in [0.2, 0.25) is 0 Å². The normalized spacial score (nSPS) is 14.6. The number of fused-ring (bicyclic) bond motifs is 3. The summed E-state index contributed by atoms with van der Waals surface area (Å²) in [6.07, 6.45) is 5.03. The van der Waals surface area contributed by atoms with Gasteiger partial charge in [0.05, 0.1) is 0 Å². The van der Waals surface area contributed by atoms with Crippen LogP contribution in [-0.2, 0) is 12.8 Å². The fourth-order valence-corrected chi connectivity index (χ4v) is 8.38. The molecule has 3 nitrogen and oxygen atoms in total. The number of benzene rings is 3. The molecular formula is C29H32BrN3Se. The summed E-state index contributed by atoms with van der Waals surface area (Å²) in [5, 5.41) is 2.81. The van der Waals surface area contributed by atoms with E-state index in [2.05, 4.69) is 91.1 Å². The number of rotatable bonds is 2. The van der Waals surface area contributed by atoms with Crippen LogP contribution in [0.1, 0.15) is 24.0 Å². The molecule has 1 aliphatic carbocycles. The van der Waals surface area contributed by atoms with Gasteiger partial charge < -0.3 is 17.0 Å². The van der Waals surface area contributed by atoms with E-state index in [1.165, 1.54) is 76.3 Å². The monoisotopic (exact) mass is 581 g/mol. The van der Waals surface area contributed by atoms with Crippen LogP contribution in [0.5, 0.6) is 0 Å². The van der Waals surface area contributed by atoms with Crippen molar-refractivity contribution in [3.8, 4) is 21.1 Å². The molecule has 0 bridgehead atoms. The van der Waals surface area contributed by atoms with Crippen LogP contribution in [-0.4, -0.2) is 55.8 Å². The molecule has 2 aromatic carbocycles. The van der Waals surface area contributed by atoms with E-state index in [-0.39, 0.29) is 17.0 Å². The molecule has 0 N–H and O–H groups in total. The number of aryl methyl sites for hydroxylation is 2. The van der Waals surface area contributed by atoms with Crippen molar-refractivity contribution in [3.05, 3.63) is 65.0 Å². The molecule has 2 aromatic rings. The maximum absolute atomic E-state index is 2.69. The molecule has 34 heavy (non-hydrogen) atoms. The van der Waals surface area contributed by atoms with E-state index in [0.29, 0.717) is 14.5 Å². The summed E-state index contributed by atoms with van der Waals surface area (Å²) >= 11 is 0.328. The Balaban J connectivity index is 0.00000241. The summed E-state index contributed by atoms with van der Waals surface area (Å²) in [5.41, 5.74) is 10.3. The number of hydrogen-bond acceptors (Lipinski definition) is 2. The van der Waals surface area contributed by atoms with E-state index in [4.69, 9.17) is 0 Å². The molecule has 3 aliphatic heterocycles. The van der Waals surface area contributed by atoms with Crippen molar-refractivity contribution in [2.75, 3.05) is 51.1 Å². The molecule has 0 amide bonds. The minimum absolute atomic E-state index is 0. The summed E-state index contributed by atoms with van der Waals surface area (Å²) in [6.45, 7) is 2.46. The van der Waals surface area contributed by atoms with Crippen molar-refractivity contribution in [1.29, 1.82) is 0 Å². The van der Waals surface area contributed by atoms with Gasteiger partial charge in [-0.2, -0.15) is 0 Å². The second-order valence-electron chi connectivity index (χ2n) is 9.93. The van der Waals surface area contributed by atoms with Crippen molar-refractivity contribution >= 4 is 35.5 Å². The Morgan fingerprint density at radius 3 is 2.35 bits per heavy atom. The average molecular weight is 581 g/mol. The van der Waals surface area contributed by atoms with Crippen LogP contribution < -0.4 is 36.7 Å². The Bertz CT molecular complexity index is 1410. The first kappa shape index (κ1) is 23.7. The van der Waals surface area contributed by atoms with Crippen molar-refractivity contribution < 1.29 is 17.0 Å². The van der Waals surface area contributed by atoms with Crippen molar-refractivity contribution in [1.82, 2.24) is 4.58 Å². The molecule has 0 spiro atoms. The van der Waals surface area contributed by atoms with Gasteiger partial charge in [0.15, 0.2) is 0 Å². The first-order valence-corrected chi connectivity index (χ1v) is 13.8. The zero-order valence-electron chi connectivity index (χ0n) is 20.5. The maximum Gasteiger partial charge on any atom is -1.00 e. The Kier molecular flexibility index (Phi) is 6.39. The molecule has 4 aliphatic rings. The van der Waals surface area contributed by atoms with E-state index in [9.17, 15) is 0 Å². The third-order valence-electron chi connectivity index (χ3n) is 7.38. The third kappa shape index (κ3) is 3.82. The molecule has 0 saturated carbocycles. The molecule has 176 valence electrons. The van der Waals surface area contributed by atoms with E-state index >= 15 is 0 Å². The fraction of sp³-hybridized carbons (Fsp3) is 0.345. The standard InChI is InChI=1S/C29H32N3Se.BrH/c1-30(2)21-11-9-19(10-12-21)27-23-14-13-22(31(3)4)18-26(23)33-29-24-8-6-16-32-15-5-7-20(28(24)32)17-25(27)29;/h9-14,17-18H,5-8,15-16H2,1-4H3;1H/q+1;/p-1. The van der Waals surface area contributed by atoms with Crippen molar-refractivity contribution in [2.24, 2.45) is 0 Å². The summed E-state index contributed by atoms with van der Waals surface area (Å²) in [6, 6.07) is 18.9. The van der Waals surface area contributed by atoms with Crippen molar-refractivity contribution in [3.63, 3.8) is 0 Å². The van der Waals surface area contributed by atoms with Gasteiger partial charge in [0.1, 0.15) is 0 Å². The molecule has 0 unspecified atom stereocenters. The van der Waals surface area contributed by atoms with Gasteiger partial charge in [-0.15, -0.1) is 0 Å². The van der Waals surface area contributed by atoms with Gasteiger partial charge in [-0.25, -0.2) is 0 Å². The van der Waals surface area contributed by atoms with Gasteiger partial charge in [-0.05, 0) is 0 Å². The number of halogens is 1. The number of nitrogens with zero attached hydrogens (tertiary/aromatic N) is 3. The Morgan fingerprint density at radius 2 is 1.65 bits per heavy atom. The predicted octanol–water partition coefficient (Wildman–Crippen LogP) is 1.47. The molecule has 6 rings (SSSR count). The quantitative estimate of drug-likeness (QED) is 0.202. The zero-order valence-corrected chi connectivity index (χ0v) is 23.8. The maximum atomic E-state index is 2.69. The molecule has 0 radical (unpaired) electrons. The summed E-state index contributed by atoms with van der Waals surface area (Å²) < 4.78 is 5.40. The smallest absolute Gasteiger partial charge is 1.00 e. The predicted molar refractivity (Wildman–Crippen MR) is 143 cm³/mol. The molecule has 0 saturated heterocycles. The summed E-state index contributed by atoms with van der Waals surface area (Å²) in [5.74, 6) is 0. The van der Waals surface area contributed by atoms with E-state index < -0.39 is 0 Å². The second kappa shape index (κ2) is 9.18. The molecule has 0 atom stereocenters. The topological polar surface area (TPSA) is 9.49 Å². The Morgan fingerprint density at radius 1 is 0.912 bits per heavy atom. The largest absolute Gasteiger partial charge is 1.00 e. The SMILES string of the molecule is CN(C)c1ccc(-c2c3ccc(=[N+](C)C)cc-3[se]c3c4c5c(cc23)CCCN5CCC4)cc1.[Br-]. The summed E-state index contributed by atoms with van der Waals surface area (Å²) in [7, 11) is 8.52. The first-order chi connectivity index (χ1) is 16.0. The molecule has 5 heteroatoms. The average Bonchev–Trinajstić information content (AvgIpc) is 2.83. The van der Waals surface area contributed by atoms with Gasteiger partial charge in [0.2, 0.25) is 0 Å². The van der Waals surface area contributed by atoms with Gasteiger partial charge >= 0.3 is 203 Å². The van der Waals surface area contributed by atoms with Crippen LogP contribution in [0.25, 0.3) is 30.8 Å². The number of hydrogen-bond donors (Lipinski definition) is 0. The van der Waals surface area contributed by atoms with Crippen LogP contribution in [0.15, 0.2) is 48.5 Å². The Hall–Kier alpha value is -2.07. The van der Waals surface area contributed by atoms with Crippen LogP contribution >= 0.6 is 0 Å². The van der Waals surface area contributed by atoms with E-state index in [1.54, 1.807) is 21.1 Å². The minimum atomic E-state index is 0. The zero-order chi connectivity index (χ0) is 22.7. The molecular weight excluding hydrogens is 549 g/mol. The van der Waals surface area contributed by atoms with E-state index in [1.807, 2.05) is 0 Å². The minimum Gasteiger partial charge on any atom is -1.00 e. The van der Waals surface area contributed by atoms with Gasteiger partial charge in [0, 0.05) is 0 Å². The second-order valence-corrected chi connectivity index (χ2v) is 12.1. The Labute approximate surface area is 219 Å². The third-order valence-corrected chi connectivity index (χ3v) is 9.95. The van der Waals surface area contributed by atoms with Crippen LogP contribution in [0, 0.1) is 0 Å². The number of anilines is 2. The van der Waals surface area contributed by atoms with Gasteiger partial charge in [0.25, 0.3) is 0 Å². The first-order valence-electron chi connectivity index (χ1n) is 12.1. The molecule has 0 aromatic heterocycles. The molecule has 3 heterocycles. The van der Waals surface area contributed by atoms with Crippen LogP contribution in [0.4, 0.5) is 11.4 Å². The van der Waals surface area contributed by atoms with Gasteiger partial charge in [-0.1, -0.05) is 0 Å². The van der Waals surface area contributed by atoms with Gasteiger partial charge in [-0.3, -0.25) is 0 Å². The summed E-state index contributed by atoms with van der Waals surface area (Å²) in [4.78, 5) is 4.87. The van der Waals surface area contributed by atoms with E-state index in [0.717, 1.165) is 0 Å². The van der Waals surface area contributed by atoms with Crippen molar-refractivity contribution in [2.45, 2.75) is 25.7 Å². The molecule has 0 fully saturated rings. The fourth-order valence-electron chi connectivity index (χ4n) is 5.71.